The number of amides is 1. The van der Waals surface area contributed by atoms with Crippen LogP contribution in [0.3, 0.4) is 0 Å². The van der Waals surface area contributed by atoms with Crippen LogP contribution in [0.2, 0.25) is 0 Å². The summed E-state index contributed by atoms with van der Waals surface area (Å²) in [7, 11) is 1.63. The molecular weight excluding hydrogens is 280 g/mol. The van der Waals surface area contributed by atoms with Crippen LogP contribution in [0.25, 0.3) is 0 Å². The number of aromatic nitrogens is 2. The summed E-state index contributed by atoms with van der Waals surface area (Å²) in [5.41, 5.74) is 1.31. The number of hydrogen-bond acceptors (Lipinski definition) is 5. The van der Waals surface area contributed by atoms with Gasteiger partial charge < -0.3 is 15.4 Å². The van der Waals surface area contributed by atoms with E-state index in [1.165, 1.54) is 6.33 Å². The predicted octanol–water partition coefficient (Wildman–Crippen LogP) is 2.01. The first kappa shape index (κ1) is 15.5. The quantitative estimate of drug-likeness (QED) is 0.765. The smallest absolute Gasteiger partial charge is 0.270 e. The van der Waals surface area contributed by atoms with E-state index in [0.717, 1.165) is 11.3 Å². The number of ether oxygens (including phenoxy) is 1. The highest BCUT2D eigenvalue weighted by Crippen LogP contribution is 2.18. The Labute approximate surface area is 129 Å². The lowest BCUT2D eigenvalue weighted by Gasteiger charge is -2.10. The van der Waals surface area contributed by atoms with Crippen molar-refractivity contribution in [3.05, 3.63) is 60.6 Å². The Kier molecular flexibility index (Phi) is 5.48. The van der Waals surface area contributed by atoms with E-state index >= 15 is 0 Å². The molecule has 0 radical (unpaired) electrons. The second-order valence-corrected chi connectivity index (χ2v) is 4.45. The molecule has 6 nitrogen and oxygen atoms in total. The summed E-state index contributed by atoms with van der Waals surface area (Å²) in [6, 6.07) is 9.31. The van der Waals surface area contributed by atoms with Crippen LogP contribution in [0.5, 0.6) is 5.75 Å². The molecule has 0 fully saturated rings. The summed E-state index contributed by atoms with van der Waals surface area (Å²) >= 11 is 0. The van der Waals surface area contributed by atoms with Crippen LogP contribution >= 0.6 is 0 Å². The molecule has 2 N–H and O–H groups in total. The lowest BCUT2D eigenvalue weighted by atomic mass is 10.2. The summed E-state index contributed by atoms with van der Waals surface area (Å²) in [6.45, 7) is 4.48. The molecule has 0 unspecified atom stereocenters. The van der Waals surface area contributed by atoms with Gasteiger partial charge in [0.05, 0.1) is 7.11 Å². The van der Waals surface area contributed by atoms with Gasteiger partial charge in [0.1, 0.15) is 23.6 Å². The zero-order valence-corrected chi connectivity index (χ0v) is 12.4. The van der Waals surface area contributed by atoms with Gasteiger partial charge in [-0.3, -0.25) is 4.79 Å². The molecule has 1 aromatic carbocycles. The standard InChI is InChI=1S/C16H18N4O2/c1-3-8-17-16(21)13-9-15(20-11-19-13)18-10-12-6-4-5-7-14(12)22-2/h3-7,9,11H,1,8,10H2,2H3,(H,17,21)(H,18,19,20). The fourth-order valence-corrected chi connectivity index (χ4v) is 1.87. The second kappa shape index (κ2) is 7.78. The van der Waals surface area contributed by atoms with Gasteiger partial charge in [0.15, 0.2) is 0 Å². The van der Waals surface area contributed by atoms with Gasteiger partial charge >= 0.3 is 0 Å². The Morgan fingerprint density at radius 3 is 2.95 bits per heavy atom. The molecule has 0 saturated carbocycles. The maximum absolute atomic E-state index is 11.8. The van der Waals surface area contributed by atoms with E-state index in [1.807, 2.05) is 24.3 Å². The normalized spacial score (nSPS) is 9.86. The molecule has 114 valence electrons. The molecule has 0 aliphatic heterocycles. The number of carbonyl (C=O) groups is 1. The molecule has 0 atom stereocenters. The summed E-state index contributed by atoms with van der Waals surface area (Å²) in [6.07, 6.45) is 2.97. The third-order valence-corrected chi connectivity index (χ3v) is 2.96. The lowest BCUT2D eigenvalue weighted by Crippen LogP contribution is -2.24. The van der Waals surface area contributed by atoms with E-state index in [-0.39, 0.29) is 5.91 Å². The molecule has 6 heteroatoms. The van der Waals surface area contributed by atoms with E-state index in [4.69, 9.17) is 4.74 Å². The number of nitrogens with one attached hydrogen (secondary N) is 2. The van der Waals surface area contributed by atoms with E-state index in [9.17, 15) is 4.79 Å². The van der Waals surface area contributed by atoms with Crippen molar-refractivity contribution in [3.8, 4) is 5.75 Å². The monoisotopic (exact) mass is 298 g/mol. The molecule has 2 rings (SSSR count). The number of anilines is 1. The summed E-state index contributed by atoms with van der Waals surface area (Å²) < 4.78 is 5.29. The minimum atomic E-state index is -0.261. The Morgan fingerprint density at radius 1 is 1.36 bits per heavy atom. The van der Waals surface area contributed by atoms with Crippen molar-refractivity contribution in [2.45, 2.75) is 6.54 Å². The van der Waals surface area contributed by atoms with Crippen LogP contribution in [-0.4, -0.2) is 29.5 Å². The van der Waals surface area contributed by atoms with Gasteiger partial charge in [-0.2, -0.15) is 0 Å². The Morgan fingerprint density at radius 2 is 2.18 bits per heavy atom. The van der Waals surface area contributed by atoms with E-state index in [0.29, 0.717) is 24.6 Å². The average Bonchev–Trinajstić information content (AvgIpc) is 2.58. The van der Waals surface area contributed by atoms with Gasteiger partial charge in [0.25, 0.3) is 5.91 Å². The minimum Gasteiger partial charge on any atom is -0.496 e. The zero-order chi connectivity index (χ0) is 15.8. The molecule has 0 aliphatic carbocycles. The van der Waals surface area contributed by atoms with Crippen LogP contribution < -0.4 is 15.4 Å². The van der Waals surface area contributed by atoms with E-state index in [2.05, 4.69) is 27.2 Å². The molecule has 0 bridgehead atoms. The average molecular weight is 298 g/mol. The maximum Gasteiger partial charge on any atom is 0.270 e. The van der Waals surface area contributed by atoms with Crippen molar-refractivity contribution < 1.29 is 9.53 Å². The SMILES string of the molecule is C=CCNC(=O)c1cc(NCc2ccccc2OC)ncn1. The van der Waals surface area contributed by atoms with Crippen molar-refractivity contribution in [2.24, 2.45) is 0 Å². The second-order valence-electron chi connectivity index (χ2n) is 4.45. The van der Waals surface area contributed by atoms with Gasteiger partial charge in [-0.15, -0.1) is 6.58 Å². The first-order valence-electron chi connectivity index (χ1n) is 6.81. The molecule has 1 aromatic heterocycles. The Hall–Kier alpha value is -2.89. The van der Waals surface area contributed by atoms with Gasteiger partial charge in [-0.05, 0) is 6.07 Å². The number of nitrogens with zero attached hydrogens (tertiary/aromatic N) is 2. The summed E-state index contributed by atoms with van der Waals surface area (Å²) in [5, 5.41) is 5.83. The third kappa shape index (κ3) is 4.05. The number of benzene rings is 1. The van der Waals surface area contributed by atoms with Crippen LogP contribution in [0.4, 0.5) is 5.82 Å². The number of rotatable bonds is 7. The van der Waals surface area contributed by atoms with E-state index < -0.39 is 0 Å². The minimum absolute atomic E-state index is 0.261. The lowest BCUT2D eigenvalue weighted by molar-refractivity contribution is 0.0953. The third-order valence-electron chi connectivity index (χ3n) is 2.96. The summed E-state index contributed by atoms with van der Waals surface area (Å²) in [5.74, 6) is 1.11. The fraction of sp³-hybridized carbons (Fsp3) is 0.188. The van der Waals surface area contributed by atoms with Crippen molar-refractivity contribution in [1.82, 2.24) is 15.3 Å². The zero-order valence-electron chi connectivity index (χ0n) is 12.4. The Bertz CT molecular complexity index is 658. The molecule has 1 heterocycles. The molecule has 0 aliphatic rings. The molecule has 0 spiro atoms. The fourth-order valence-electron chi connectivity index (χ4n) is 1.87. The van der Waals surface area contributed by atoms with Gasteiger partial charge in [0.2, 0.25) is 0 Å². The van der Waals surface area contributed by atoms with Crippen molar-refractivity contribution >= 4 is 11.7 Å². The number of methoxy groups -OCH3 is 1. The number of carbonyl (C=O) groups excluding carboxylic acids is 1. The number of para-hydroxylation sites is 1. The first-order chi connectivity index (χ1) is 10.7. The largest absolute Gasteiger partial charge is 0.496 e. The molecule has 2 aromatic rings. The predicted molar refractivity (Wildman–Crippen MR) is 84.9 cm³/mol. The Balaban J connectivity index is 2.04. The van der Waals surface area contributed by atoms with Crippen LogP contribution in [0, 0.1) is 0 Å². The van der Waals surface area contributed by atoms with Gasteiger partial charge in [0, 0.05) is 24.7 Å². The van der Waals surface area contributed by atoms with Crippen LogP contribution in [-0.2, 0) is 6.54 Å². The van der Waals surface area contributed by atoms with Gasteiger partial charge in [-0.25, -0.2) is 9.97 Å². The van der Waals surface area contributed by atoms with Crippen molar-refractivity contribution in [3.63, 3.8) is 0 Å². The highest BCUT2D eigenvalue weighted by molar-refractivity contribution is 5.92. The highest BCUT2D eigenvalue weighted by atomic mass is 16.5. The van der Waals surface area contributed by atoms with Crippen LogP contribution in [0.1, 0.15) is 16.1 Å². The molecule has 22 heavy (non-hydrogen) atoms. The first-order valence-corrected chi connectivity index (χ1v) is 6.81. The van der Waals surface area contributed by atoms with Gasteiger partial charge in [-0.1, -0.05) is 24.3 Å². The number of hydrogen-bond donors (Lipinski definition) is 2. The topological polar surface area (TPSA) is 76.1 Å². The molecular formula is C16H18N4O2. The molecule has 1 amide bonds. The van der Waals surface area contributed by atoms with Crippen molar-refractivity contribution in [2.75, 3.05) is 19.0 Å². The van der Waals surface area contributed by atoms with Crippen LogP contribution in [0.15, 0.2) is 49.3 Å². The highest BCUT2D eigenvalue weighted by Gasteiger charge is 2.08. The van der Waals surface area contributed by atoms with E-state index in [1.54, 1.807) is 19.3 Å². The maximum atomic E-state index is 11.8. The summed E-state index contributed by atoms with van der Waals surface area (Å²) in [4.78, 5) is 19.9. The van der Waals surface area contributed by atoms with Crippen molar-refractivity contribution in [1.29, 1.82) is 0 Å². The molecule has 0 saturated heterocycles.